The molecule has 4 nitrogen and oxygen atoms in total. The molecule has 3 aliphatic rings. The fraction of sp³-hybridized carbons (Fsp3) is 0.500. The quantitative estimate of drug-likeness (QED) is 0.267. The molecule has 3 heterocycles. The predicted octanol–water partition coefficient (Wildman–Crippen LogP) is 9.80. The number of hydrogen-bond donors (Lipinski definition) is 0. The number of amidine groups is 1. The first-order valence-electron chi connectivity index (χ1n) is 14.1. The molecular formula is C32H46ClF2N3OS. The van der Waals surface area contributed by atoms with E-state index in [-0.39, 0.29) is 5.82 Å². The third-order valence-electron chi connectivity index (χ3n) is 5.65. The van der Waals surface area contributed by atoms with Crippen molar-refractivity contribution in [2.75, 3.05) is 26.3 Å². The molecule has 1 atom stereocenters. The van der Waals surface area contributed by atoms with E-state index >= 15 is 0 Å². The van der Waals surface area contributed by atoms with Crippen molar-refractivity contribution >= 4 is 35.4 Å². The van der Waals surface area contributed by atoms with E-state index in [1.165, 1.54) is 43.7 Å². The summed E-state index contributed by atoms with van der Waals surface area (Å²) in [5, 5.41) is 2.50. The van der Waals surface area contributed by atoms with Crippen LogP contribution in [-0.4, -0.2) is 49.4 Å². The zero-order valence-electron chi connectivity index (χ0n) is 24.9. The third-order valence-corrected chi connectivity index (χ3v) is 6.76. The maximum atomic E-state index is 12.1. The van der Waals surface area contributed by atoms with Crippen LogP contribution in [0, 0.1) is 11.7 Å². The van der Waals surface area contributed by atoms with E-state index in [4.69, 9.17) is 21.3 Å². The highest BCUT2D eigenvalue weighted by molar-refractivity contribution is 8.06. The molecule has 0 spiro atoms. The molecule has 0 N–H and O–H groups in total. The molecule has 1 aromatic rings. The Hall–Kier alpha value is -2.22. The van der Waals surface area contributed by atoms with Crippen molar-refractivity contribution in [1.29, 1.82) is 0 Å². The van der Waals surface area contributed by atoms with Gasteiger partial charge in [0.2, 0.25) is 0 Å². The van der Waals surface area contributed by atoms with Crippen LogP contribution in [0.15, 0.2) is 80.3 Å². The molecule has 0 saturated carbocycles. The summed E-state index contributed by atoms with van der Waals surface area (Å²) >= 11 is 7.06. The maximum Gasteiger partial charge on any atom is 0.141 e. The summed E-state index contributed by atoms with van der Waals surface area (Å²) in [5.41, 5.74) is 3.83. The number of fused-ring (bicyclic) bond motifs is 1. The van der Waals surface area contributed by atoms with Gasteiger partial charge in [0.25, 0.3) is 0 Å². The molecule has 1 saturated heterocycles. The number of ether oxygens (including phenoxy) is 1. The second kappa shape index (κ2) is 20.6. The Kier molecular flexibility index (Phi) is 18.5. The Morgan fingerprint density at radius 3 is 2.35 bits per heavy atom. The summed E-state index contributed by atoms with van der Waals surface area (Å²) in [4.78, 5) is 12.6. The van der Waals surface area contributed by atoms with E-state index in [1.54, 1.807) is 23.9 Å². The van der Waals surface area contributed by atoms with Gasteiger partial charge in [-0.3, -0.25) is 9.98 Å². The first kappa shape index (κ1) is 35.8. The lowest BCUT2D eigenvalue weighted by molar-refractivity contribution is 0.135. The number of thioether (sulfide) groups is 1. The number of hydrogen-bond acceptors (Lipinski definition) is 5. The van der Waals surface area contributed by atoms with Gasteiger partial charge < -0.3 is 9.64 Å². The van der Waals surface area contributed by atoms with Gasteiger partial charge in [0.05, 0.1) is 18.4 Å². The standard InChI is InChI=1S/C17H21N3S.C6H4ClF.C6H14O.C3H7F/c1-4-8-21-12(3)17-19-10-14(15-6-7-18-15)16-9-13(5-2)11-20(16)17;7-5-2-1-3-6(8)4-5;1-3-5-7-6-4-2;1-3(2)4/h4,6-8,13H,3,5,9-11H2,1-2H3;1-4H;3-6H2,1-2H3;3H,1-2H3/b8-4-;;;. The smallest absolute Gasteiger partial charge is 0.141 e. The molecule has 8 heteroatoms. The average molecular weight is 594 g/mol. The molecule has 0 aromatic heterocycles. The molecule has 1 aromatic carbocycles. The van der Waals surface area contributed by atoms with Gasteiger partial charge >= 0.3 is 0 Å². The second-order valence-electron chi connectivity index (χ2n) is 9.56. The first-order chi connectivity index (χ1) is 19.2. The molecule has 0 amide bonds. The van der Waals surface area contributed by atoms with Crippen molar-refractivity contribution in [2.45, 2.75) is 73.4 Å². The molecule has 0 radical (unpaired) electrons. The molecule has 222 valence electrons. The van der Waals surface area contributed by atoms with E-state index in [1.807, 2.05) is 19.2 Å². The van der Waals surface area contributed by atoms with Crippen LogP contribution in [0.1, 0.15) is 67.2 Å². The minimum absolute atomic E-state index is 0.294. The van der Waals surface area contributed by atoms with Gasteiger partial charge in [-0.2, -0.15) is 0 Å². The van der Waals surface area contributed by atoms with Crippen LogP contribution < -0.4 is 0 Å². The SMILES string of the molecule is C=C(S/C=C\C)C1=NCC(C2=CC=N2)=C2CC(CC)CN12.CC(C)F.CCCOCCC.Fc1cccc(Cl)c1. The fourth-order valence-corrected chi connectivity index (χ4v) is 4.53. The summed E-state index contributed by atoms with van der Waals surface area (Å²) in [6.07, 6.45) is 9.94. The molecule has 40 heavy (non-hydrogen) atoms. The van der Waals surface area contributed by atoms with Crippen LogP contribution in [0.25, 0.3) is 0 Å². The van der Waals surface area contributed by atoms with Crippen molar-refractivity contribution in [3.05, 3.63) is 81.1 Å². The van der Waals surface area contributed by atoms with Crippen molar-refractivity contribution < 1.29 is 13.5 Å². The van der Waals surface area contributed by atoms with E-state index in [9.17, 15) is 8.78 Å². The summed E-state index contributed by atoms with van der Waals surface area (Å²) in [7, 11) is 0. The zero-order chi connectivity index (χ0) is 29.9. The molecule has 0 aliphatic carbocycles. The molecule has 0 bridgehead atoms. The Morgan fingerprint density at radius 1 is 1.25 bits per heavy atom. The first-order valence-corrected chi connectivity index (χ1v) is 15.3. The number of benzene rings is 1. The van der Waals surface area contributed by atoms with Crippen LogP contribution in [0.5, 0.6) is 0 Å². The largest absolute Gasteiger partial charge is 0.381 e. The van der Waals surface area contributed by atoms with Gasteiger partial charge in [-0.15, -0.1) is 0 Å². The lowest BCUT2D eigenvalue weighted by atomic mass is 10.0. The highest BCUT2D eigenvalue weighted by Gasteiger charge is 2.35. The summed E-state index contributed by atoms with van der Waals surface area (Å²) in [6.45, 7) is 19.4. The number of aliphatic imine (C=N–C) groups is 2. The Morgan fingerprint density at radius 2 is 1.90 bits per heavy atom. The number of rotatable bonds is 9. The van der Waals surface area contributed by atoms with E-state index in [2.05, 4.69) is 48.7 Å². The Labute approximate surface area is 250 Å². The molecular weight excluding hydrogens is 548 g/mol. The predicted molar refractivity (Wildman–Crippen MR) is 172 cm³/mol. The average Bonchev–Trinajstić information content (AvgIpc) is 3.32. The number of halogens is 3. The number of allylic oxidation sites excluding steroid dienone is 3. The lowest BCUT2D eigenvalue weighted by Gasteiger charge is -2.30. The van der Waals surface area contributed by atoms with Crippen LogP contribution in [0.2, 0.25) is 5.02 Å². The van der Waals surface area contributed by atoms with Gasteiger partial charge in [-0.25, -0.2) is 8.78 Å². The van der Waals surface area contributed by atoms with Crippen molar-refractivity contribution in [2.24, 2.45) is 15.9 Å². The van der Waals surface area contributed by atoms with Crippen LogP contribution in [0.3, 0.4) is 0 Å². The Bertz CT molecular complexity index is 1040. The summed E-state index contributed by atoms with van der Waals surface area (Å²) in [6, 6.07) is 5.82. The monoisotopic (exact) mass is 593 g/mol. The van der Waals surface area contributed by atoms with Gasteiger partial charge in [0, 0.05) is 47.2 Å². The molecule has 3 aliphatic heterocycles. The molecule has 1 unspecified atom stereocenters. The zero-order valence-corrected chi connectivity index (χ0v) is 26.5. The molecule has 4 rings (SSSR count). The third kappa shape index (κ3) is 13.4. The van der Waals surface area contributed by atoms with Crippen LogP contribution in [-0.2, 0) is 4.74 Å². The van der Waals surface area contributed by atoms with Crippen molar-refractivity contribution in [3.8, 4) is 0 Å². The topological polar surface area (TPSA) is 37.2 Å². The molecule has 1 fully saturated rings. The van der Waals surface area contributed by atoms with Crippen LogP contribution >= 0.6 is 23.4 Å². The second-order valence-corrected chi connectivity index (χ2v) is 11.0. The van der Waals surface area contributed by atoms with Crippen molar-refractivity contribution in [3.63, 3.8) is 0 Å². The highest BCUT2D eigenvalue weighted by Crippen LogP contribution is 2.39. The van der Waals surface area contributed by atoms with Gasteiger partial charge in [-0.05, 0) is 75.6 Å². The van der Waals surface area contributed by atoms with Gasteiger partial charge in [0.1, 0.15) is 11.7 Å². The van der Waals surface area contributed by atoms with Gasteiger partial charge in [0.15, 0.2) is 0 Å². The summed E-state index contributed by atoms with van der Waals surface area (Å²) < 4.78 is 28.2. The van der Waals surface area contributed by atoms with E-state index in [0.717, 1.165) is 62.0 Å². The van der Waals surface area contributed by atoms with E-state index in [0.29, 0.717) is 10.9 Å². The normalized spacial score (nSPS) is 17.1. The van der Waals surface area contributed by atoms with Gasteiger partial charge in [-0.1, -0.05) is 69.3 Å². The number of alkyl halides is 1. The minimum Gasteiger partial charge on any atom is -0.381 e. The maximum absolute atomic E-state index is 12.1. The fourth-order valence-electron chi connectivity index (χ4n) is 3.77. The summed E-state index contributed by atoms with van der Waals surface area (Å²) in [5.74, 6) is 1.47. The minimum atomic E-state index is -0.667. The highest BCUT2D eigenvalue weighted by atomic mass is 35.5. The Balaban J connectivity index is 0.000000345. The van der Waals surface area contributed by atoms with Crippen LogP contribution in [0.4, 0.5) is 8.78 Å². The van der Waals surface area contributed by atoms with E-state index < -0.39 is 6.17 Å². The number of nitrogens with zero attached hydrogens (tertiary/aromatic N) is 3. The van der Waals surface area contributed by atoms with Crippen molar-refractivity contribution in [1.82, 2.24) is 4.90 Å². The lowest BCUT2D eigenvalue weighted by Crippen LogP contribution is -2.32.